The maximum absolute atomic E-state index is 12.2. The minimum Gasteiger partial charge on any atom is -0.489 e. The molecule has 0 radical (unpaired) electrons. The topological polar surface area (TPSA) is 124 Å². The molecule has 3 rings (SSSR count). The van der Waals surface area contributed by atoms with E-state index in [1.807, 2.05) is 12.1 Å². The fourth-order valence-corrected chi connectivity index (χ4v) is 4.03. The predicted octanol–water partition coefficient (Wildman–Crippen LogP) is 4.89. The second-order valence-electron chi connectivity index (χ2n) is 8.25. The summed E-state index contributed by atoms with van der Waals surface area (Å²) in [5.74, 6) is -1.65. The largest absolute Gasteiger partial charge is 0.489 e. The molecule has 0 amide bonds. The number of hydrogen-bond donors (Lipinski definition) is 0. The van der Waals surface area contributed by atoms with Crippen LogP contribution in [0.5, 0.6) is 11.5 Å². The highest BCUT2D eigenvalue weighted by molar-refractivity contribution is 9.08. The van der Waals surface area contributed by atoms with Gasteiger partial charge in [-0.3, -0.25) is 0 Å². The third-order valence-electron chi connectivity index (χ3n) is 5.69. The molecule has 0 unspecified atom stereocenters. The summed E-state index contributed by atoms with van der Waals surface area (Å²) in [7, 11) is 4.91. The zero-order valence-corrected chi connectivity index (χ0v) is 23.9. The smallest absolute Gasteiger partial charge is 0.338 e. The van der Waals surface area contributed by atoms with Crippen molar-refractivity contribution >= 4 is 39.8 Å². The molecule has 11 heteroatoms. The molecule has 40 heavy (non-hydrogen) atoms. The lowest BCUT2D eigenvalue weighted by atomic mass is 10.0. The standard InChI is InChI=1S/C29H27BrO10/c1-35-26(31)22-7-5-17(11-24(22)28(33)37-3)15-39-20-9-19(14-30)10-21(13-20)40-16-18-6-8-23(27(32)36-2)25(12-18)29(34)38-4/h5-13H,14-16H2,1-4H3. The van der Waals surface area contributed by atoms with Crippen LogP contribution < -0.4 is 9.47 Å². The number of rotatable bonds is 11. The number of carbonyl (C=O) groups is 4. The van der Waals surface area contributed by atoms with Crippen LogP contribution in [0, 0.1) is 0 Å². The van der Waals surface area contributed by atoms with Gasteiger partial charge < -0.3 is 28.4 Å². The van der Waals surface area contributed by atoms with E-state index in [0.717, 1.165) is 5.56 Å². The summed E-state index contributed by atoms with van der Waals surface area (Å²) in [5, 5.41) is 0.529. The molecule has 0 atom stereocenters. The first-order valence-electron chi connectivity index (χ1n) is 11.8. The Morgan fingerprint density at radius 2 is 0.900 bits per heavy atom. The van der Waals surface area contributed by atoms with Crippen molar-refractivity contribution in [3.8, 4) is 11.5 Å². The number of esters is 4. The van der Waals surface area contributed by atoms with Crippen LogP contribution in [0.4, 0.5) is 0 Å². The van der Waals surface area contributed by atoms with Crippen molar-refractivity contribution in [1.82, 2.24) is 0 Å². The van der Waals surface area contributed by atoms with E-state index in [1.165, 1.54) is 52.7 Å². The Kier molecular flexibility index (Phi) is 10.7. The molecule has 0 fully saturated rings. The third kappa shape index (κ3) is 7.38. The first-order valence-corrected chi connectivity index (χ1v) is 12.9. The zero-order valence-electron chi connectivity index (χ0n) is 22.3. The SMILES string of the molecule is COC(=O)c1ccc(COc2cc(CBr)cc(OCc3ccc(C(=O)OC)c(C(=O)OC)c3)c2)cc1C(=O)OC. The lowest BCUT2D eigenvalue weighted by Crippen LogP contribution is -2.13. The molecule has 10 nitrogen and oxygen atoms in total. The lowest BCUT2D eigenvalue weighted by Gasteiger charge is -2.14. The van der Waals surface area contributed by atoms with Crippen LogP contribution in [0.3, 0.4) is 0 Å². The number of benzene rings is 3. The zero-order chi connectivity index (χ0) is 29.2. The van der Waals surface area contributed by atoms with E-state index >= 15 is 0 Å². The predicted molar refractivity (Wildman–Crippen MR) is 146 cm³/mol. The van der Waals surface area contributed by atoms with Crippen molar-refractivity contribution in [3.05, 3.63) is 93.5 Å². The normalized spacial score (nSPS) is 10.3. The second-order valence-corrected chi connectivity index (χ2v) is 8.81. The Labute approximate surface area is 239 Å². The number of carbonyl (C=O) groups excluding carboxylic acids is 4. The van der Waals surface area contributed by atoms with Gasteiger partial charge in [-0.15, -0.1) is 0 Å². The highest BCUT2D eigenvalue weighted by Crippen LogP contribution is 2.27. The van der Waals surface area contributed by atoms with Gasteiger partial charge in [-0.2, -0.15) is 0 Å². The van der Waals surface area contributed by atoms with Crippen molar-refractivity contribution in [2.45, 2.75) is 18.5 Å². The van der Waals surface area contributed by atoms with E-state index in [2.05, 4.69) is 15.9 Å². The Balaban J connectivity index is 1.79. The second kappa shape index (κ2) is 14.1. The lowest BCUT2D eigenvalue weighted by molar-refractivity contribution is 0.0555. The summed E-state index contributed by atoms with van der Waals surface area (Å²) in [6.07, 6.45) is 0. The Morgan fingerprint density at radius 3 is 1.25 bits per heavy atom. The third-order valence-corrected chi connectivity index (χ3v) is 6.34. The first kappa shape index (κ1) is 30.2. The molecule has 0 aromatic heterocycles. The molecule has 0 aliphatic heterocycles. The maximum atomic E-state index is 12.2. The highest BCUT2D eigenvalue weighted by atomic mass is 79.9. The number of ether oxygens (including phenoxy) is 6. The van der Waals surface area contributed by atoms with Gasteiger partial charge in [0.25, 0.3) is 0 Å². The quantitative estimate of drug-likeness (QED) is 0.167. The number of halogens is 1. The number of methoxy groups -OCH3 is 4. The van der Waals surface area contributed by atoms with Gasteiger partial charge in [0.05, 0.1) is 50.7 Å². The molecule has 0 N–H and O–H groups in total. The summed E-state index contributed by atoms with van der Waals surface area (Å²) >= 11 is 3.44. The summed E-state index contributed by atoms with van der Waals surface area (Å²) < 4.78 is 31.0. The van der Waals surface area contributed by atoms with Gasteiger partial charge in [0.2, 0.25) is 0 Å². The van der Waals surface area contributed by atoms with E-state index in [0.29, 0.717) is 28.0 Å². The van der Waals surface area contributed by atoms with Crippen LogP contribution >= 0.6 is 15.9 Å². The van der Waals surface area contributed by atoms with Gasteiger partial charge in [0.1, 0.15) is 24.7 Å². The van der Waals surface area contributed by atoms with Gasteiger partial charge >= 0.3 is 23.9 Å². The Hall–Kier alpha value is -4.38. The highest BCUT2D eigenvalue weighted by Gasteiger charge is 2.20. The number of alkyl halides is 1. The molecule has 210 valence electrons. The van der Waals surface area contributed by atoms with E-state index in [-0.39, 0.29) is 35.5 Å². The van der Waals surface area contributed by atoms with Crippen molar-refractivity contribution < 1.29 is 47.6 Å². The fraction of sp³-hybridized carbons (Fsp3) is 0.241. The van der Waals surface area contributed by atoms with E-state index in [9.17, 15) is 19.2 Å². The van der Waals surface area contributed by atoms with Crippen LogP contribution in [-0.4, -0.2) is 52.3 Å². The Morgan fingerprint density at radius 1 is 0.525 bits per heavy atom. The average Bonchev–Trinajstić information content (AvgIpc) is 3.00. The molecular formula is C29H27BrO10. The molecule has 0 bridgehead atoms. The van der Waals surface area contributed by atoms with Crippen LogP contribution in [0.2, 0.25) is 0 Å². The van der Waals surface area contributed by atoms with Gasteiger partial charge in [0, 0.05) is 11.4 Å². The van der Waals surface area contributed by atoms with Crippen molar-refractivity contribution in [2.24, 2.45) is 0 Å². The van der Waals surface area contributed by atoms with E-state index in [1.54, 1.807) is 18.2 Å². The van der Waals surface area contributed by atoms with Crippen LogP contribution in [0.1, 0.15) is 58.1 Å². The monoisotopic (exact) mass is 614 g/mol. The first-order chi connectivity index (χ1) is 19.2. The van der Waals surface area contributed by atoms with E-state index in [4.69, 9.17) is 28.4 Å². The molecule has 0 saturated carbocycles. The molecular weight excluding hydrogens is 588 g/mol. The van der Waals surface area contributed by atoms with Crippen molar-refractivity contribution in [2.75, 3.05) is 28.4 Å². The minimum absolute atomic E-state index is 0.0678. The maximum Gasteiger partial charge on any atom is 0.338 e. The van der Waals surface area contributed by atoms with Crippen LogP contribution in [-0.2, 0) is 37.5 Å². The molecule has 0 spiro atoms. The summed E-state index contributed by atoms with van der Waals surface area (Å²) in [4.78, 5) is 48.4. The van der Waals surface area contributed by atoms with Gasteiger partial charge in [-0.1, -0.05) is 28.1 Å². The molecule has 0 saturated heterocycles. The summed E-state index contributed by atoms with van der Waals surface area (Å²) in [5.41, 5.74) is 2.44. The summed E-state index contributed by atoms with van der Waals surface area (Å²) in [6.45, 7) is 0.183. The van der Waals surface area contributed by atoms with Gasteiger partial charge in [-0.05, 0) is 53.1 Å². The Bertz CT molecular complexity index is 1310. The minimum atomic E-state index is -0.672. The number of hydrogen-bond acceptors (Lipinski definition) is 10. The molecule has 0 aliphatic rings. The molecule has 3 aromatic carbocycles. The molecule has 3 aromatic rings. The van der Waals surface area contributed by atoms with E-state index < -0.39 is 23.9 Å². The fourth-order valence-electron chi connectivity index (χ4n) is 3.70. The van der Waals surface area contributed by atoms with Gasteiger partial charge in [0.15, 0.2) is 0 Å². The van der Waals surface area contributed by atoms with Crippen LogP contribution in [0.25, 0.3) is 0 Å². The molecule has 0 heterocycles. The van der Waals surface area contributed by atoms with Crippen LogP contribution in [0.15, 0.2) is 54.6 Å². The average molecular weight is 615 g/mol. The molecule has 0 aliphatic carbocycles. The van der Waals surface area contributed by atoms with Gasteiger partial charge in [-0.25, -0.2) is 19.2 Å². The van der Waals surface area contributed by atoms with Crippen molar-refractivity contribution in [1.29, 1.82) is 0 Å². The van der Waals surface area contributed by atoms with Crippen molar-refractivity contribution in [3.63, 3.8) is 0 Å². The summed E-state index contributed by atoms with van der Waals surface area (Å²) in [6, 6.07) is 14.6.